The number of imide groups is 1. The number of piperazine rings is 1. The number of para-hydroxylation sites is 1. The maximum Gasteiger partial charge on any atom is 0.540 e. The van der Waals surface area contributed by atoms with Gasteiger partial charge in [-0.05, 0) is 38.2 Å². The van der Waals surface area contributed by atoms with Gasteiger partial charge in [0.05, 0.1) is 25.3 Å². The van der Waals surface area contributed by atoms with Gasteiger partial charge in [0.1, 0.15) is 23.3 Å². The van der Waals surface area contributed by atoms with Crippen LogP contribution in [0.3, 0.4) is 0 Å². The van der Waals surface area contributed by atoms with E-state index >= 15 is 4.79 Å². The summed E-state index contributed by atoms with van der Waals surface area (Å²) >= 11 is 0. The standard InChI is InChI=1S/C33H37N6O6S/c1-3-44-31-26(13-9-15-35-31)29-30(38-18-16-37(2)17-19-38)23(20-34)22-39(32(29)40,46(42,43)24-10-5-4-6-11-24)33(41)45-28-21-36-27-14-8-7-12-25(27)28/h4-15,23,28-30,36H,3,16-19,21-22H2,1-2H3/q+1. The normalized spacial score (nSPS) is 26.8. The minimum absolute atomic E-state index is 0.151. The van der Waals surface area contributed by atoms with E-state index in [9.17, 15) is 18.5 Å². The van der Waals surface area contributed by atoms with Crippen molar-refractivity contribution >= 4 is 27.7 Å². The molecular formula is C33H37N6O6S+. The summed E-state index contributed by atoms with van der Waals surface area (Å²) in [7, 11) is -2.81. The number of aromatic nitrogens is 1. The van der Waals surface area contributed by atoms with E-state index < -0.39 is 56.4 Å². The van der Waals surface area contributed by atoms with Crippen LogP contribution in [0, 0.1) is 17.2 Å². The topological polar surface area (TPSA) is 142 Å². The summed E-state index contributed by atoms with van der Waals surface area (Å²) in [5.41, 5.74) is 1.75. The number of nitrogens with zero attached hydrogens (tertiary/aromatic N) is 5. The highest BCUT2D eigenvalue weighted by Gasteiger charge is 2.68. The number of nitriles is 1. The summed E-state index contributed by atoms with van der Waals surface area (Å²) < 4.78 is 39.8. The van der Waals surface area contributed by atoms with Crippen molar-refractivity contribution in [3.8, 4) is 11.9 Å². The van der Waals surface area contributed by atoms with Crippen LogP contribution in [0.2, 0.25) is 0 Å². The van der Waals surface area contributed by atoms with Gasteiger partial charge >= 0.3 is 22.0 Å². The third kappa shape index (κ3) is 5.31. The van der Waals surface area contributed by atoms with Gasteiger partial charge in [-0.3, -0.25) is 4.90 Å². The molecule has 0 spiro atoms. The molecular weight excluding hydrogens is 608 g/mol. The van der Waals surface area contributed by atoms with E-state index in [0.29, 0.717) is 37.3 Å². The first-order valence-corrected chi connectivity index (χ1v) is 16.8. The fourth-order valence-corrected chi connectivity index (χ4v) is 8.62. The smallest absolute Gasteiger partial charge is 0.478 e. The zero-order valence-corrected chi connectivity index (χ0v) is 26.6. The fourth-order valence-electron chi connectivity index (χ4n) is 6.81. The van der Waals surface area contributed by atoms with Crippen LogP contribution in [0.4, 0.5) is 10.5 Å². The van der Waals surface area contributed by atoms with Crippen molar-refractivity contribution in [1.82, 2.24) is 14.8 Å². The van der Waals surface area contributed by atoms with Crippen molar-refractivity contribution < 1.29 is 31.4 Å². The van der Waals surface area contributed by atoms with Crippen LogP contribution >= 0.6 is 0 Å². The molecule has 2 amide bonds. The number of piperidine rings is 1. The Balaban J connectivity index is 1.54. The number of rotatable bonds is 7. The molecule has 240 valence electrons. The number of quaternary nitrogens is 1. The number of benzene rings is 2. The molecule has 0 aliphatic carbocycles. The van der Waals surface area contributed by atoms with Crippen molar-refractivity contribution in [3.05, 3.63) is 84.1 Å². The van der Waals surface area contributed by atoms with Crippen LogP contribution in [0.25, 0.3) is 0 Å². The molecule has 46 heavy (non-hydrogen) atoms. The number of likely N-dealkylation sites (N-methyl/N-ethyl adjacent to an activating group) is 1. The Morgan fingerprint density at radius 2 is 1.74 bits per heavy atom. The van der Waals surface area contributed by atoms with Crippen molar-refractivity contribution in [3.63, 3.8) is 0 Å². The summed E-state index contributed by atoms with van der Waals surface area (Å²) in [6, 6.07) is 19.5. The first-order valence-electron chi connectivity index (χ1n) is 15.4. The van der Waals surface area contributed by atoms with Crippen LogP contribution in [-0.2, 0) is 19.6 Å². The van der Waals surface area contributed by atoms with Crippen molar-refractivity contribution in [1.29, 1.82) is 5.26 Å². The lowest BCUT2D eigenvalue weighted by Gasteiger charge is -2.48. The number of likely N-dealkylation sites (tertiary alicyclic amines) is 1. The van der Waals surface area contributed by atoms with E-state index in [0.717, 1.165) is 5.69 Å². The number of fused-ring (bicyclic) bond motifs is 1. The maximum absolute atomic E-state index is 15.3. The van der Waals surface area contributed by atoms with Gasteiger partial charge < -0.3 is 19.7 Å². The van der Waals surface area contributed by atoms with Gasteiger partial charge in [0, 0.05) is 49.2 Å². The lowest BCUT2D eigenvalue weighted by Crippen LogP contribution is -2.71. The van der Waals surface area contributed by atoms with Gasteiger partial charge in [0.25, 0.3) is 0 Å². The molecule has 0 saturated carbocycles. The van der Waals surface area contributed by atoms with Crippen LogP contribution in [-0.4, -0.2) is 98.1 Å². The number of nitrogens with one attached hydrogen (secondary N) is 1. The molecule has 6 rings (SSSR count). The Hall–Kier alpha value is -4.35. The first-order chi connectivity index (χ1) is 22.2. The summed E-state index contributed by atoms with van der Waals surface area (Å²) in [6.07, 6.45) is -0.568. The second-order valence-corrected chi connectivity index (χ2v) is 13.8. The van der Waals surface area contributed by atoms with E-state index in [1.54, 1.807) is 37.3 Å². The number of carbonyl (C=O) groups is 2. The van der Waals surface area contributed by atoms with E-state index in [2.05, 4.69) is 26.2 Å². The van der Waals surface area contributed by atoms with Crippen molar-refractivity contribution in [2.24, 2.45) is 5.92 Å². The molecule has 2 saturated heterocycles. The average molecular weight is 646 g/mol. The number of pyridine rings is 1. The molecule has 2 aromatic carbocycles. The SMILES string of the molecule is CCOc1ncccc1C1C(=O)[N+](C(=O)OC2CNc3ccccc32)(S(=O)(=O)c2ccccc2)CC(C#N)C1N1CCN(C)CC1. The van der Waals surface area contributed by atoms with Gasteiger partial charge in [-0.15, -0.1) is 0 Å². The van der Waals surface area contributed by atoms with Crippen LogP contribution in [0.5, 0.6) is 5.88 Å². The molecule has 12 nitrogen and oxygen atoms in total. The average Bonchev–Trinajstić information content (AvgIpc) is 3.48. The van der Waals surface area contributed by atoms with Crippen LogP contribution < -0.4 is 10.1 Å². The van der Waals surface area contributed by atoms with Gasteiger partial charge in [-0.1, -0.05) is 46.4 Å². The predicted octanol–water partition coefficient (Wildman–Crippen LogP) is 3.37. The molecule has 1 N–H and O–H groups in total. The molecule has 3 aromatic rings. The van der Waals surface area contributed by atoms with E-state index in [1.165, 1.54) is 30.5 Å². The van der Waals surface area contributed by atoms with Gasteiger partial charge in [-0.2, -0.15) is 18.5 Å². The Kier molecular flexibility index (Phi) is 8.80. The van der Waals surface area contributed by atoms with Gasteiger partial charge in [-0.25, -0.2) is 9.78 Å². The van der Waals surface area contributed by atoms with Gasteiger partial charge in [0.2, 0.25) is 5.88 Å². The number of ether oxygens (including phenoxy) is 2. The first kappa shape index (κ1) is 31.6. The Bertz CT molecular complexity index is 1760. The minimum Gasteiger partial charge on any atom is -0.478 e. The minimum atomic E-state index is -4.81. The second-order valence-electron chi connectivity index (χ2n) is 11.8. The number of hydrogen-bond donors (Lipinski definition) is 1. The molecule has 0 radical (unpaired) electrons. The van der Waals surface area contributed by atoms with E-state index in [1.807, 2.05) is 19.2 Å². The third-order valence-corrected chi connectivity index (χ3v) is 11.3. The van der Waals surface area contributed by atoms with Crippen LogP contribution in [0.1, 0.15) is 30.1 Å². The highest BCUT2D eigenvalue weighted by atomic mass is 32.2. The Labute approximate surface area is 268 Å². The van der Waals surface area contributed by atoms with Crippen LogP contribution in [0.15, 0.2) is 77.8 Å². The molecule has 2 fully saturated rings. The summed E-state index contributed by atoms with van der Waals surface area (Å²) in [4.78, 5) is 38.3. The monoisotopic (exact) mass is 645 g/mol. The highest BCUT2D eigenvalue weighted by Crippen LogP contribution is 2.46. The lowest BCUT2D eigenvalue weighted by atomic mass is 9.78. The summed E-state index contributed by atoms with van der Waals surface area (Å²) in [5, 5.41) is 13.9. The van der Waals surface area contributed by atoms with Crippen molar-refractivity contribution in [2.45, 2.75) is 29.9 Å². The Morgan fingerprint density at radius 3 is 2.46 bits per heavy atom. The van der Waals surface area contributed by atoms with Crippen molar-refractivity contribution in [2.75, 3.05) is 58.2 Å². The number of hydrogen-bond acceptors (Lipinski definition) is 11. The quantitative estimate of drug-likeness (QED) is 0.378. The molecule has 1 aromatic heterocycles. The molecule has 5 atom stereocenters. The predicted molar refractivity (Wildman–Crippen MR) is 168 cm³/mol. The van der Waals surface area contributed by atoms with Gasteiger partial charge in [0.15, 0.2) is 6.10 Å². The van der Waals surface area contributed by atoms with E-state index in [4.69, 9.17) is 9.47 Å². The summed E-state index contributed by atoms with van der Waals surface area (Å²) in [6.45, 7) is 4.11. The fraction of sp³-hybridized carbons (Fsp3) is 0.394. The second kappa shape index (κ2) is 12.8. The molecule has 5 unspecified atom stereocenters. The molecule has 3 aliphatic heterocycles. The highest BCUT2D eigenvalue weighted by molar-refractivity contribution is 7.86. The Morgan fingerprint density at radius 1 is 1.04 bits per heavy atom. The zero-order valence-electron chi connectivity index (χ0n) is 25.8. The molecule has 0 bridgehead atoms. The molecule has 13 heteroatoms. The lowest BCUT2D eigenvalue weighted by molar-refractivity contribution is -0.665. The number of carbonyl (C=O) groups excluding carboxylic acids is 2. The molecule has 4 heterocycles. The summed E-state index contributed by atoms with van der Waals surface area (Å²) in [5.74, 6) is -3.06. The molecule has 3 aliphatic rings. The maximum atomic E-state index is 15.3. The largest absolute Gasteiger partial charge is 0.540 e. The zero-order chi connectivity index (χ0) is 32.5. The number of sulfonamides is 1. The third-order valence-electron chi connectivity index (χ3n) is 9.15. The van der Waals surface area contributed by atoms with E-state index in [-0.39, 0.29) is 23.9 Å². The number of amides is 2. The number of anilines is 1.